The maximum Gasteiger partial charge on any atom is 0.501 e. The van der Waals surface area contributed by atoms with Gasteiger partial charge in [-0.05, 0) is 140 Å². The molecule has 5 aromatic carbocycles. The number of thioether (sulfide) groups is 1. The molecule has 0 aromatic heterocycles. The van der Waals surface area contributed by atoms with E-state index in [2.05, 4.69) is 55.0 Å². The van der Waals surface area contributed by atoms with Crippen molar-refractivity contribution in [3.8, 4) is 0 Å². The molecule has 3 atom stereocenters. The molecular weight excluding hydrogens is 1340 g/mol. The molecule has 5 aromatic rings. The van der Waals surface area contributed by atoms with Crippen molar-refractivity contribution >= 4 is 101 Å². The number of sulfone groups is 1. The number of fused-ring (bicyclic) bond motifs is 1. The van der Waals surface area contributed by atoms with Crippen LogP contribution in [0.1, 0.15) is 140 Å². The van der Waals surface area contributed by atoms with Gasteiger partial charge in [-0.2, -0.15) is 13.2 Å². The number of morpholine rings is 1. The van der Waals surface area contributed by atoms with E-state index in [9.17, 15) is 58.8 Å². The van der Waals surface area contributed by atoms with Gasteiger partial charge in [0.25, 0.3) is 37.6 Å². The van der Waals surface area contributed by atoms with Gasteiger partial charge in [0, 0.05) is 117 Å². The molecule has 3 saturated heterocycles. The molecule has 0 radical (unpaired) electrons. The van der Waals surface area contributed by atoms with Crippen LogP contribution in [0.25, 0.3) is 5.57 Å². The lowest BCUT2D eigenvalue weighted by molar-refractivity contribution is -0.136. The second kappa shape index (κ2) is 33.2. The van der Waals surface area contributed by atoms with E-state index in [0.717, 1.165) is 110 Å². The summed E-state index contributed by atoms with van der Waals surface area (Å²) >= 11 is 7.77. The molecule has 526 valence electrons. The number of rotatable bonds is 31. The molecular formula is C71H85ClF3N9O11S3. The number of allylic oxidation sites excluding steroid dienone is 1. The number of hydrogen-bond donors (Lipinski definition) is 5. The predicted octanol–water partition coefficient (Wildman–Crippen LogP) is 11.0. The first-order valence-corrected chi connectivity index (χ1v) is 37.9. The SMILES string of the molecule is CC1(CNC(=O)CCCCCCCCCCNc2cccc3c2C(=O)N(C2CCC(=O)NC2=O)C3=O)CCC(c2ccc(Cl)cc2)=C(CN2CCN(c3ccc(C(=O)NS(=O)(=O)c4ccc(N[C@H](CCN5CCOCC5)CSc5ccccc5)c(S(=O)(=O)C(F)(F)F)c4)cc3)CC2)C1. The van der Waals surface area contributed by atoms with Crippen molar-refractivity contribution in [2.75, 3.05) is 99.9 Å². The number of halogens is 4. The lowest BCUT2D eigenvalue weighted by atomic mass is 9.71. The largest absolute Gasteiger partial charge is 0.501 e. The zero-order valence-corrected chi connectivity index (χ0v) is 58.1. The van der Waals surface area contributed by atoms with Gasteiger partial charge in [0.05, 0.1) is 34.9 Å². The van der Waals surface area contributed by atoms with E-state index < -0.39 is 82.5 Å². The minimum absolute atomic E-state index is 0.0434. The van der Waals surface area contributed by atoms with Gasteiger partial charge in [0.1, 0.15) is 10.9 Å². The van der Waals surface area contributed by atoms with E-state index in [4.69, 9.17) is 16.3 Å². The van der Waals surface area contributed by atoms with Crippen LogP contribution >= 0.6 is 23.4 Å². The summed E-state index contributed by atoms with van der Waals surface area (Å²) in [6, 6.07) is 29.5. The number of carbonyl (C=O) groups excluding carboxylic acids is 6. The summed E-state index contributed by atoms with van der Waals surface area (Å²) < 4.78 is 104. The molecule has 2 unspecified atom stereocenters. The van der Waals surface area contributed by atoms with Crippen LogP contribution in [0.15, 0.2) is 136 Å². The number of ether oxygens (including phenoxy) is 1. The third-order valence-electron chi connectivity index (χ3n) is 18.9. The van der Waals surface area contributed by atoms with Gasteiger partial charge in [-0.15, -0.1) is 11.8 Å². The van der Waals surface area contributed by atoms with Gasteiger partial charge in [-0.3, -0.25) is 48.8 Å². The lowest BCUT2D eigenvalue weighted by Crippen LogP contribution is -2.54. The van der Waals surface area contributed by atoms with Gasteiger partial charge in [0.15, 0.2) is 0 Å². The van der Waals surface area contributed by atoms with Crippen molar-refractivity contribution in [2.24, 2.45) is 5.41 Å². The molecule has 0 bridgehead atoms. The first-order chi connectivity index (χ1) is 46.9. The van der Waals surface area contributed by atoms with Gasteiger partial charge >= 0.3 is 5.51 Å². The number of alkyl halides is 3. The Bertz CT molecular complexity index is 3950. The number of imide groups is 2. The number of anilines is 3. The maximum absolute atomic E-state index is 14.3. The van der Waals surface area contributed by atoms with E-state index >= 15 is 0 Å². The van der Waals surface area contributed by atoms with Gasteiger partial charge in [-0.25, -0.2) is 21.6 Å². The summed E-state index contributed by atoms with van der Waals surface area (Å²) in [5.74, 6) is -2.80. The van der Waals surface area contributed by atoms with Crippen LogP contribution in [0, 0.1) is 5.41 Å². The summed E-state index contributed by atoms with van der Waals surface area (Å²) in [6.45, 7) is 9.77. The third-order valence-corrected chi connectivity index (χ3v) is 23.2. The molecule has 27 heteroatoms. The highest BCUT2D eigenvalue weighted by Gasteiger charge is 2.49. The van der Waals surface area contributed by atoms with Crippen LogP contribution in [0.3, 0.4) is 0 Å². The Morgan fingerprint density at radius 3 is 2.15 bits per heavy atom. The third kappa shape index (κ3) is 18.9. The molecule has 10 rings (SSSR count). The molecule has 6 amide bonds. The van der Waals surface area contributed by atoms with E-state index in [1.54, 1.807) is 30.3 Å². The number of piperazine rings is 1. The molecule has 0 saturated carbocycles. The molecule has 4 heterocycles. The van der Waals surface area contributed by atoms with Crippen molar-refractivity contribution in [3.05, 3.63) is 148 Å². The summed E-state index contributed by atoms with van der Waals surface area (Å²) in [4.78, 5) is 84.1. The standard InChI is InChI=1S/C71H85ClF3N9O11S3/c1-70(48-77-63(85)18-11-6-4-2-3-5-7-12-34-76-60-17-13-16-58-65(60)69(90)84(68(58)89)61-29-30-64(86)79-67(61)88)33-31-57(49-19-23-52(72)24-20-49)51(45-70)46-82-36-38-83(39-37-82)54-25-21-50(22-26-54)66(87)80-98(93,94)56-27-28-59(62(44-56)97(91,92)71(73,74)75)78-53(32-35-81-40-42-95-43-41-81)47-96-55-14-9-8-10-15-55/h8-10,13-17,19-28,44,53,61,76,78H,2-7,11-12,18,29-43,45-48H2,1H3,(H,77,85)(H,80,87)(H,79,86,88)/t53-,61?,70?/m1/s1. The number of carbonyl (C=O) groups is 6. The first kappa shape index (κ1) is 73.4. The summed E-state index contributed by atoms with van der Waals surface area (Å²) in [6.07, 6.45) is 11.4. The van der Waals surface area contributed by atoms with Crippen LogP contribution in [-0.2, 0) is 39.0 Å². The van der Waals surface area contributed by atoms with Crippen LogP contribution < -0.4 is 30.9 Å². The zero-order chi connectivity index (χ0) is 69.6. The molecule has 3 fully saturated rings. The average molecular weight is 1430 g/mol. The van der Waals surface area contributed by atoms with E-state index in [1.807, 2.05) is 47.2 Å². The van der Waals surface area contributed by atoms with E-state index in [-0.39, 0.29) is 40.9 Å². The van der Waals surface area contributed by atoms with Crippen LogP contribution in [0.5, 0.6) is 0 Å². The highest BCUT2D eigenvalue weighted by Crippen LogP contribution is 2.44. The number of benzene rings is 5. The molecule has 4 aliphatic heterocycles. The molecule has 1 aliphatic carbocycles. The first-order valence-electron chi connectivity index (χ1n) is 33.6. The Labute approximate surface area is 580 Å². The van der Waals surface area contributed by atoms with Crippen molar-refractivity contribution in [1.29, 1.82) is 0 Å². The molecule has 20 nitrogen and oxygen atoms in total. The van der Waals surface area contributed by atoms with Crippen molar-refractivity contribution in [3.63, 3.8) is 0 Å². The quantitative estimate of drug-likeness (QED) is 0.0157. The van der Waals surface area contributed by atoms with Crippen molar-refractivity contribution in [1.82, 2.24) is 30.1 Å². The number of unbranched alkanes of at least 4 members (excludes halogenated alkanes) is 7. The fraction of sp³-hybridized carbons (Fsp3) is 0.465. The number of nitrogens with one attached hydrogen (secondary N) is 5. The van der Waals surface area contributed by atoms with Gasteiger partial charge < -0.3 is 25.6 Å². The average Bonchev–Trinajstić information content (AvgIpc) is 1.60. The van der Waals surface area contributed by atoms with Crippen LogP contribution in [0.2, 0.25) is 5.02 Å². The molecule has 5 N–H and O–H groups in total. The van der Waals surface area contributed by atoms with Crippen molar-refractivity contribution < 1.29 is 63.5 Å². The number of hydrogen-bond acceptors (Lipinski definition) is 17. The predicted molar refractivity (Wildman–Crippen MR) is 372 cm³/mol. The fourth-order valence-electron chi connectivity index (χ4n) is 13.3. The smallest absolute Gasteiger partial charge is 0.384 e. The van der Waals surface area contributed by atoms with Gasteiger partial charge in [-0.1, -0.05) is 99.0 Å². The molecule has 98 heavy (non-hydrogen) atoms. The Balaban J connectivity index is 0.663. The number of nitrogens with zero attached hydrogens (tertiary/aromatic N) is 4. The Morgan fingerprint density at radius 1 is 0.765 bits per heavy atom. The Morgan fingerprint density at radius 2 is 1.46 bits per heavy atom. The number of amides is 6. The second-order valence-electron chi connectivity index (χ2n) is 26.1. The van der Waals surface area contributed by atoms with Crippen LogP contribution in [-0.4, -0.2) is 169 Å². The minimum Gasteiger partial charge on any atom is -0.384 e. The summed E-state index contributed by atoms with van der Waals surface area (Å²) in [5, 5.41) is 12.5. The van der Waals surface area contributed by atoms with Crippen LogP contribution in [0.4, 0.5) is 30.2 Å². The number of piperidine rings is 1. The van der Waals surface area contributed by atoms with E-state index in [1.165, 1.54) is 35.0 Å². The summed E-state index contributed by atoms with van der Waals surface area (Å²) in [7, 11) is -11.0. The highest BCUT2D eigenvalue weighted by atomic mass is 35.5. The second-order valence-corrected chi connectivity index (χ2v) is 31.2. The topological polar surface area (TPSA) is 253 Å². The number of sulfonamides is 1. The minimum atomic E-state index is -6.10. The lowest BCUT2D eigenvalue weighted by Gasteiger charge is -2.41. The Kier molecular flexibility index (Phi) is 24.9. The molecule has 5 aliphatic rings. The fourth-order valence-corrected chi connectivity index (χ4v) is 16.4. The van der Waals surface area contributed by atoms with Gasteiger partial charge in [0.2, 0.25) is 17.7 Å². The normalized spacial score (nSPS) is 19.3. The molecule has 0 spiro atoms. The zero-order valence-electron chi connectivity index (χ0n) is 54.9. The maximum atomic E-state index is 14.3. The van der Waals surface area contributed by atoms with E-state index in [0.29, 0.717) is 107 Å². The van der Waals surface area contributed by atoms with Crippen molar-refractivity contribution in [2.45, 2.75) is 136 Å². The highest BCUT2D eigenvalue weighted by molar-refractivity contribution is 7.99. The monoisotopic (exact) mass is 1430 g/mol. The summed E-state index contributed by atoms with van der Waals surface area (Å²) in [5.41, 5.74) is -0.864. The Hall–Kier alpha value is -7.33.